The van der Waals surface area contributed by atoms with Crippen molar-refractivity contribution in [1.29, 1.82) is 0 Å². The highest BCUT2D eigenvalue weighted by Gasteiger charge is 2.27. The maximum atomic E-state index is 6.05. The van der Waals surface area contributed by atoms with Crippen LogP contribution in [0.5, 0.6) is 11.5 Å². The molecule has 0 fully saturated rings. The van der Waals surface area contributed by atoms with E-state index >= 15 is 0 Å². The summed E-state index contributed by atoms with van der Waals surface area (Å²) in [6.07, 6.45) is 2.13. The summed E-state index contributed by atoms with van der Waals surface area (Å²) in [5.41, 5.74) is 4.96. The van der Waals surface area contributed by atoms with Crippen LogP contribution in [0.1, 0.15) is 88.5 Å². The average molecular weight is 457 g/mol. The third-order valence-electron chi connectivity index (χ3n) is 6.84. The van der Waals surface area contributed by atoms with E-state index in [1.807, 2.05) is 0 Å². The van der Waals surface area contributed by atoms with Crippen molar-refractivity contribution in [2.45, 2.75) is 71.6 Å². The fourth-order valence-corrected chi connectivity index (χ4v) is 3.98. The molecule has 0 amide bonds. The zero-order valence-electron chi connectivity index (χ0n) is 22.0. The summed E-state index contributed by atoms with van der Waals surface area (Å²) in [5, 5.41) is 0. The lowest BCUT2D eigenvalue weighted by atomic mass is 9.75. The fraction of sp³-hybridized carbons (Fsp3) is 0.586. The molecule has 184 valence electrons. The fourth-order valence-electron chi connectivity index (χ4n) is 3.98. The van der Waals surface area contributed by atoms with Crippen LogP contribution in [0.25, 0.3) is 0 Å². The van der Waals surface area contributed by atoms with Crippen molar-refractivity contribution >= 4 is 0 Å². The third kappa shape index (κ3) is 6.97. The molecule has 2 aromatic rings. The van der Waals surface area contributed by atoms with Crippen LogP contribution < -0.4 is 9.47 Å². The Morgan fingerprint density at radius 2 is 1.06 bits per heavy atom. The van der Waals surface area contributed by atoms with Crippen LogP contribution in [0.2, 0.25) is 0 Å². The summed E-state index contributed by atoms with van der Waals surface area (Å²) >= 11 is 0. The van der Waals surface area contributed by atoms with Gasteiger partial charge >= 0.3 is 0 Å². The molecular formula is C29H44O4. The molecule has 2 rings (SSSR count). The van der Waals surface area contributed by atoms with E-state index in [1.165, 1.54) is 22.3 Å². The Morgan fingerprint density at radius 1 is 0.667 bits per heavy atom. The molecule has 0 radical (unpaired) electrons. The molecule has 0 saturated carbocycles. The average Bonchev–Trinajstić information content (AvgIpc) is 2.83. The minimum atomic E-state index is -0.152. The first-order chi connectivity index (χ1) is 15.8. The van der Waals surface area contributed by atoms with Crippen LogP contribution >= 0.6 is 0 Å². The maximum absolute atomic E-state index is 6.05. The van der Waals surface area contributed by atoms with Gasteiger partial charge in [0.25, 0.3) is 0 Å². The lowest BCUT2D eigenvalue weighted by Crippen LogP contribution is -2.20. The van der Waals surface area contributed by atoms with E-state index in [9.17, 15) is 0 Å². The van der Waals surface area contributed by atoms with Crippen LogP contribution in [0, 0.1) is 0 Å². The topological polar surface area (TPSA) is 36.9 Å². The van der Waals surface area contributed by atoms with Gasteiger partial charge in [-0.05, 0) is 59.1 Å². The Bertz CT molecular complexity index is 789. The van der Waals surface area contributed by atoms with Gasteiger partial charge in [-0.25, -0.2) is 0 Å². The molecule has 2 aromatic carbocycles. The molecule has 4 heteroatoms. The Labute approximate surface area is 201 Å². The summed E-state index contributed by atoms with van der Waals surface area (Å²) < 4.78 is 22.4. The number of hydrogen-bond donors (Lipinski definition) is 0. The predicted octanol–water partition coefficient (Wildman–Crippen LogP) is 7.09. The SMILES string of the molecule is CCC(C)c1cc(C(C)(C)c2ccc(OCCOC)c(C(C)CC)c2)ccc1OCCOC. The number of ether oxygens (including phenoxy) is 4. The minimum Gasteiger partial charge on any atom is -0.491 e. The first-order valence-corrected chi connectivity index (χ1v) is 12.3. The Hall–Kier alpha value is -2.04. The number of methoxy groups -OCH3 is 2. The first-order valence-electron chi connectivity index (χ1n) is 12.3. The summed E-state index contributed by atoms with van der Waals surface area (Å²) in [4.78, 5) is 0. The number of benzene rings is 2. The van der Waals surface area contributed by atoms with Crippen LogP contribution in [-0.4, -0.2) is 40.6 Å². The van der Waals surface area contributed by atoms with Gasteiger partial charge < -0.3 is 18.9 Å². The van der Waals surface area contributed by atoms with Crippen molar-refractivity contribution in [2.24, 2.45) is 0 Å². The van der Waals surface area contributed by atoms with Crippen molar-refractivity contribution in [2.75, 3.05) is 40.6 Å². The molecule has 0 N–H and O–H groups in total. The highest BCUT2D eigenvalue weighted by molar-refractivity contribution is 5.49. The van der Waals surface area contributed by atoms with Gasteiger partial charge in [0.05, 0.1) is 13.2 Å². The van der Waals surface area contributed by atoms with E-state index in [4.69, 9.17) is 18.9 Å². The largest absolute Gasteiger partial charge is 0.491 e. The van der Waals surface area contributed by atoms with Crippen molar-refractivity contribution in [3.63, 3.8) is 0 Å². The first kappa shape index (κ1) is 27.2. The maximum Gasteiger partial charge on any atom is 0.122 e. The van der Waals surface area contributed by atoms with Crippen molar-refractivity contribution in [1.82, 2.24) is 0 Å². The zero-order valence-corrected chi connectivity index (χ0v) is 22.0. The van der Waals surface area contributed by atoms with E-state index in [0.717, 1.165) is 24.3 Å². The molecule has 0 spiro atoms. The molecule has 0 aliphatic carbocycles. The van der Waals surface area contributed by atoms with E-state index < -0.39 is 0 Å². The highest BCUT2D eigenvalue weighted by Crippen LogP contribution is 2.40. The second-order valence-corrected chi connectivity index (χ2v) is 9.43. The molecular weight excluding hydrogens is 412 g/mol. The normalized spacial score (nSPS) is 13.6. The summed E-state index contributed by atoms with van der Waals surface area (Å²) in [6.45, 7) is 15.9. The van der Waals surface area contributed by atoms with Gasteiger partial charge in [-0.2, -0.15) is 0 Å². The second kappa shape index (κ2) is 13.0. The molecule has 2 unspecified atom stereocenters. The predicted molar refractivity (Wildman–Crippen MR) is 137 cm³/mol. The Kier molecular flexibility index (Phi) is 10.7. The minimum absolute atomic E-state index is 0.152. The van der Waals surface area contributed by atoms with Crippen LogP contribution in [-0.2, 0) is 14.9 Å². The van der Waals surface area contributed by atoms with Gasteiger partial charge in [-0.1, -0.05) is 65.8 Å². The third-order valence-corrected chi connectivity index (χ3v) is 6.84. The molecule has 33 heavy (non-hydrogen) atoms. The lowest BCUT2D eigenvalue weighted by molar-refractivity contribution is 0.145. The smallest absolute Gasteiger partial charge is 0.122 e. The quantitative estimate of drug-likeness (QED) is 0.284. The van der Waals surface area contributed by atoms with Crippen molar-refractivity contribution in [3.05, 3.63) is 58.7 Å². The lowest BCUT2D eigenvalue weighted by Gasteiger charge is -2.30. The van der Waals surface area contributed by atoms with Gasteiger partial charge in [0.1, 0.15) is 24.7 Å². The second-order valence-electron chi connectivity index (χ2n) is 9.43. The molecule has 0 heterocycles. The Balaban J connectivity index is 2.44. The molecule has 2 atom stereocenters. The van der Waals surface area contributed by atoms with E-state index in [1.54, 1.807) is 14.2 Å². The van der Waals surface area contributed by atoms with E-state index in [0.29, 0.717) is 38.3 Å². The van der Waals surface area contributed by atoms with E-state index in [2.05, 4.69) is 77.9 Å². The van der Waals surface area contributed by atoms with Crippen molar-refractivity contribution < 1.29 is 18.9 Å². The molecule has 4 nitrogen and oxygen atoms in total. The highest BCUT2D eigenvalue weighted by atomic mass is 16.5. The van der Waals surface area contributed by atoms with Gasteiger partial charge in [0, 0.05) is 19.6 Å². The molecule has 0 aliphatic rings. The van der Waals surface area contributed by atoms with Gasteiger partial charge in [0.2, 0.25) is 0 Å². The standard InChI is InChI=1S/C29H44O4/c1-9-21(3)25-19-23(11-13-27(25)32-17-15-30-7)29(5,6)24-12-14-28(33-18-16-31-8)26(20-24)22(4)10-2/h11-14,19-22H,9-10,15-18H2,1-8H3. The summed E-state index contributed by atoms with van der Waals surface area (Å²) in [5.74, 6) is 2.77. The summed E-state index contributed by atoms with van der Waals surface area (Å²) in [6, 6.07) is 13.3. The van der Waals surface area contributed by atoms with Gasteiger partial charge in [0.15, 0.2) is 0 Å². The monoisotopic (exact) mass is 456 g/mol. The van der Waals surface area contributed by atoms with Gasteiger partial charge in [-0.3, -0.25) is 0 Å². The van der Waals surface area contributed by atoms with Crippen LogP contribution in [0.4, 0.5) is 0 Å². The van der Waals surface area contributed by atoms with Crippen LogP contribution in [0.3, 0.4) is 0 Å². The number of hydrogen-bond acceptors (Lipinski definition) is 4. The molecule has 0 aromatic heterocycles. The molecule has 0 aliphatic heterocycles. The number of rotatable bonds is 14. The van der Waals surface area contributed by atoms with E-state index in [-0.39, 0.29) is 5.41 Å². The summed E-state index contributed by atoms with van der Waals surface area (Å²) in [7, 11) is 3.40. The van der Waals surface area contributed by atoms with Gasteiger partial charge in [-0.15, -0.1) is 0 Å². The molecule has 0 bridgehead atoms. The zero-order chi connectivity index (χ0) is 24.4. The van der Waals surface area contributed by atoms with Crippen LogP contribution in [0.15, 0.2) is 36.4 Å². The Morgan fingerprint density at radius 3 is 1.39 bits per heavy atom. The van der Waals surface area contributed by atoms with Crippen molar-refractivity contribution in [3.8, 4) is 11.5 Å². The molecule has 0 saturated heterocycles.